The fourth-order valence-electron chi connectivity index (χ4n) is 5.99. The van der Waals surface area contributed by atoms with Crippen LogP contribution in [-0.2, 0) is 45.0 Å². The molecular formula is C42H75NiO6P-2. The molecule has 0 N–H and O–H groups in total. The van der Waals surface area contributed by atoms with Gasteiger partial charge in [-0.1, -0.05) is 78.1 Å². The van der Waals surface area contributed by atoms with Crippen LogP contribution >= 0.6 is 9.90 Å². The van der Waals surface area contributed by atoms with Crippen molar-refractivity contribution in [2.24, 2.45) is 0 Å². The van der Waals surface area contributed by atoms with E-state index in [1.807, 2.05) is 0 Å². The summed E-state index contributed by atoms with van der Waals surface area (Å²) in [5.74, 6) is 13.1. The van der Waals surface area contributed by atoms with Gasteiger partial charge in [0.2, 0.25) is 0 Å². The summed E-state index contributed by atoms with van der Waals surface area (Å²) in [5, 5.41) is 0. The van der Waals surface area contributed by atoms with Gasteiger partial charge in [-0.25, -0.2) is 0 Å². The zero-order chi connectivity index (χ0) is 34.9. The number of unbranched alkanes of at least 4 members (excludes halogenated alkanes) is 18. The summed E-state index contributed by atoms with van der Waals surface area (Å²) < 4.78 is 20.3. The maximum absolute atomic E-state index is 10.9. The van der Waals surface area contributed by atoms with E-state index in [1.54, 1.807) is 0 Å². The van der Waals surface area contributed by atoms with Crippen molar-refractivity contribution in [3.63, 3.8) is 0 Å². The zero-order valence-corrected chi connectivity index (χ0v) is 34.4. The number of carbonyl (C=O) groups is 2. The van der Waals surface area contributed by atoms with Gasteiger partial charge in [-0.15, -0.1) is 23.7 Å². The van der Waals surface area contributed by atoms with Gasteiger partial charge in [-0.05, 0) is 77.0 Å². The van der Waals surface area contributed by atoms with Gasteiger partial charge in [0.1, 0.15) is 0 Å². The predicted molar refractivity (Wildman–Crippen MR) is 208 cm³/mol. The van der Waals surface area contributed by atoms with Crippen LogP contribution in [0.4, 0.5) is 0 Å². The molecule has 2 heterocycles. The summed E-state index contributed by atoms with van der Waals surface area (Å²) >= 11 is 0. The Morgan fingerprint density at radius 1 is 0.480 bits per heavy atom. The fraction of sp³-hybridized carbons (Fsp3) is 0.857. The van der Waals surface area contributed by atoms with Gasteiger partial charge in [0.15, 0.2) is 0 Å². The van der Waals surface area contributed by atoms with Gasteiger partial charge < -0.3 is 28.8 Å². The van der Waals surface area contributed by atoms with Gasteiger partial charge in [0.25, 0.3) is 0 Å². The van der Waals surface area contributed by atoms with Crippen molar-refractivity contribution in [1.29, 1.82) is 0 Å². The molecule has 0 radical (unpaired) electrons. The molecule has 50 heavy (non-hydrogen) atoms. The van der Waals surface area contributed by atoms with Crippen LogP contribution in [0.3, 0.4) is 0 Å². The van der Waals surface area contributed by atoms with E-state index in [-0.39, 0.29) is 39.8 Å². The second-order valence-corrected chi connectivity index (χ2v) is 13.5. The van der Waals surface area contributed by atoms with Crippen LogP contribution in [0.5, 0.6) is 0 Å². The summed E-state index contributed by atoms with van der Waals surface area (Å²) in [7, 11) is 2.91. The van der Waals surface area contributed by atoms with Crippen molar-refractivity contribution in [2.75, 3.05) is 14.2 Å². The van der Waals surface area contributed by atoms with Crippen LogP contribution in [-0.4, -0.2) is 50.6 Å². The van der Waals surface area contributed by atoms with Crippen LogP contribution in [0.2, 0.25) is 0 Å². The van der Waals surface area contributed by atoms with E-state index >= 15 is 0 Å². The van der Waals surface area contributed by atoms with Gasteiger partial charge in [-0.2, -0.15) is 0 Å². The number of hydrogen-bond acceptors (Lipinski definition) is 6. The Morgan fingerprint density at radius 2 is 0.760 bits per heavy atom. The molecule has 0 saturated carbocycles. The fourth-order valence-corrected chi connectivity index (χ4v) is 5.99. The number of epoxide rings is 2. The third-order valence-corrected chi connectivity index (χ3v) is 9.33. The normalized spacial score (nSPS) is 18.0. The number of carbonyl (C=O) groups excluding carboxylic acids is 2. The first-order valence-corrected chi connectivity index (χ1v) is 19.9. The monoisotopic (exact) mass is 764 g/mol. The predicted octanol–water partition coefficient (Wildman–Crippen LogP) is 11.7. The van der Waals surface area contributed by atoms with Gasteiger partial charge in [-0.3, -0.25) is 9.59 Å². The minimum atomic E-state index is -0.0837. The van der Waals surface area contributed by atoms with Crippen molar-refractivity contribution in [1.82, 2.24) is 0 Å². The smallest absolute Gasteiger partial charge is 0.305 e. The molecule has 0 bridgehead atoms. The summed E-state index contributed by atoms with van der Waals surface area (Å²) in [6, 6.07) is 0. The summed E-state index contributed by atoms with van der Waals surface area (Å²) in [4.78, 5) is 21.9. The Kier molecular flexibility index (Phi) is 38.4. The molecule has 8 heteroatoms. The molecule has 0 aromatic heterocycles. The first-order valence-electron chi connectivity index (χ1n) is 19.9. The molecule has 2 saturated heterocycles. The Morgan fingerprint density at radius 3 is 1.04 bits per heavy atom. The quantitative estimate of drug-likeness (QED) is 0.0197. The SMILES string of the molecule is CC[C@H]1O[C@H]1CCCCC#CCCCCCCCCCC(=O)OC.CC[C@H]1O[C@H]1CCCCC#CCCCCCCCCCC(=O)OC.[HH].[Ni].[PH-2]. The number of methoxy groups -OCH3 is 2. The second-order valence-electron chi connectivity index (χ2n) is 13.5. The molecular weight excluding hydrogens is 690 g/mol. The number of ether oxygens (including phenoxy) is 4. The maximum Gasteiger partial charge on any atom is 0.305 e. The van der Waals surface area contributed by atoms with E-state index in [0.717, 1.165) is 64.2 Å². The molecule has 2 aliphatic heterocycles. The van der Waals surface area contributed by atoms with Crippen molar-refractivity contribution in [3.8, 4) is 23.7 Å². The van der Waals surface area contributed by atoms with Crippen LogP contribution in [0.1, 0.15) is 195 Å². The molecule has 0 aliphatic carbocycles. The van der Waals surface area contributed by atoms with Crippen LogP contribution in [0, 0.1) is 23.7 Å². The largest absolute Gasteiger partial charge is 1.51 e. The van der Waals surface area contributed by atoms with Crippen LogP contribution in [0.15, 0.2) is 0 Å². The van der Waals surface area contributed by atoms with Crippen molar-refractivity contribution >= 4 is 21.8 Å². The molecule has 296 valence electrons. The molecule has 0 aromatic carbocycles. The molecule has 2 aliphatic rings. The number of hydrogen-bond donors (Lipinski definition) is 0. The van der Waals surface area contributed by atoms with E-state index < -0.39 is 0 Å². The first kappa shape index (κ1) is 51.0. The van der Waals surface area contributed by atoms with Crippen LogP contribution in [0.25, 0.3) is 0 Å². The van der Waals surface area contributed by atoms with E-state index in [4.69, 9.17) is 9.47 Å². The molecule has 2 fully saturated rings. The summed E-state index contributed by atoms with van der Waals surface area (Å²) in [6.45, 7) is 4.39. The topological polar surface area (TPSA) is 77.7 Å². The zero-order valence-electron chi connectivity index (χ0n) is 32.4. The Balaban J connectivity index is -0.000000853. The van der Waals surface area contributed by atoms with E-state index in [1.165, 1.54) is 117 Å². The second kappa shape index (κ2) is 37.7. The Bertz CT molecular complexity index is 856. The molecule has 4 atom stereocenters. The van der Waals surface area contributed by atoms with Crippen molar-refractivity contribution in [3.05, 3.63) is 0 Å². The van der Waals surface area contributed by atoms with E-state index in [0.29, 0.717) is 37.3 Å². The first-order chi connectivity index (χ1) is 23.5. The number of rotatable bonds is 28. The molecule has 0 amide bonds. The average molecular weight is 766 g/mol. The molecule has 0 unspecified atom stereocenters. The minimum Gasteiger partial charge on any atom is -1.51 e. The van der Waals surface area contributed by atoms with E-state index in [2.05, 4.69) is 47.0 Å². The Labute approximate surface area is 323 Å². The molecule has 6 nitrogen and oxygen atoms in total. The minimum absolute atomic E-state index is 0. The standard InChI is InChI=1S/2C21H36O3.Ni.HP.H2/c2*1-3-19-20(24-19)17-15-13-11-9-7-5-4-6-8-10-12-14-16-18-21(22)23-2;;;/h2*19-20H,3-6,8,10-18H2,1-2H3;;2*1H/q;;;-2;/t2*19-,20+;;;/m11.../s1. The summed E-state index contributed by atoms with van der Waals surface area (Å²) in [6.07, 6.45) is 34.1. The van der Waals surface area contributed by atoms with Crippen molar-refractivity contribution in [2.45, 2.75) is 218 Å². The van der Waals surface area contributed by atoms with Gasteiger partial charge in [0.05, 0.1) is 38.6 Å². The number of esters is 2. The molecule has 2 rings (SSSR count). The van der Waals surface area contributed by atoms with Gasteiger partial charge >= 0.3 is 11.9 Å². The summed E-state index contributed by atoms with van der Waals surface area (Å²) in [5.41, 5.74) is 0. The Hall–Kier alpha value is -1.10. The van der Waals surface area contributed by atoms with E-state index in [9.17, 15) is 9.59 Å². The third-order valence-electron chi connectivity index (χ3n) is 9.33. The van der Waals surface area contributed by atoms with Crippen molar-refractivity contribution < 1.29 is 46.5 Å². The molecule has 0 spiro atoms. The molecule has 0 aromatic rings. The average Bonchev–Trinajstić information content (AvgIpc) is 4.04. The third kappa shape index (κ3) is 32.8. The van der Waals surface area contributed by atoms with Crippen LogP contribution < -0.4 is 0 Å². The van der Waals surface area contributed by atoms with Gasteiger partial charge in [0, 0.05) is 56.4 Å². The maximum atomic E-state index is 10.9.